The molecule has 5 rings (SSSR count). The minimum absolute atomic E-state index is 0.180. The summed E-state index contributed by atoms with van der Waals surface area (Å²) in [6.45, 7) is 3.08. The van der Waals surface area contributed by atoms with Crippen molar-refractivity contribution in [2.45, 2.75) is 6.54 Å². The van der Waals surface area contributed by atoms with Crippen molar-refractivity contribution in [3.63, 3.8) is 0 Å². The van der Waals surface area contributed by atoms with Crippen LogP contribution in [-0.2, 0) is 11.3 Å². The van der Waals surface area contributed by atoms with Crippen molar-refractivity contribution in [2.24, 2.45) is 0 Å². The summed E-state index contributed by atoms with van der Waals surface area (Å²) in [5.41, 5.74) is 10.8. The Hall–Kier alpha value is -3.64. The predicted octanol–water partition coefficient (Wildman–Crippen LogP) is 3.49. The first kappa shape index (κ1) is 19.3. The second kappa shape index (κ2) is 7.89. The highest BCUT2D eigenvalue weighted by molar-refractivity contribution is 6.32. The molecule has 3 aromatic rings. The molecule has 1 aliphatic carbocycles. The van der Waals surface area contributed by atoms with E-state index in [-0.39, 0.29) is 11.6 Å². The van der Waals surface area contributed by atoms with Crippen LogP contribution in [0, 0.1) is 0 Å². The van der Waals surface area contributed by atoms with Gasteiger partial charge in [-0.05, 0) is 11.6 Å². The molecular formula is C25H23N3O3. The Morgan fingerprint density at radius 1 is 0.871 bits per heavy atom. The Kier molecular flexibility index (Phi) is 4.92. The van der Waals surface area contributed by atoms with E-state index in [0.717, 1.165) is 11.3 Å². The monoisotopic (exact) mass is 413 g/mol. The molecule has 3 aromatic carbocycles. The summed E-state index contributed by atoms with van der Waals surface area (Å²) >= 11 is 0. The molecule has 0 saturated carbocycles. The molecule has 2 aliphatic rings. The zero-order valence-corrected chi connectivity index (χ0v) is 17.1. The van der Waals surface area contributed by atoms with Gasteiger partial charge in [-0.25, -0.2) is 0 Å². The SMILES string of the molecule is Nc1c(N2CCOCC2)cc(NCc2ccccc2)c2c1C(=O)c1ccccc1C2=O. The van der Waals surface area contributed by atoms with Crippen LogP contribution in [-0.4, -0.2) is 37.9 Å². The molecule has 1 heterocycles. The number of nitrogens with one attached hydrogen (secondary N) is 1. The Balaban J connectivity index is 1.65. The highest BCUT2D eigenvalue weighted by Gasteiger charge is 2.35. The van der Waals surface area contributed by atoms with E-state index in [2.05, 4.69) is 10.2 Å². The van der Waals surface area contributed by atoms with Crippen LogP contribution in [0.2, 0.25) is 0 Å². The number of fused-ring (bicyclic) bond motifs is 2. The number of carbonyl (C=O) groups is 2. The first-order chi connectivity index (χ1) is 15.1. The molecule has 31 heavy (non-hydrogen) atoms. The lowest BCUT2D eigenvalue weighted by Gasteiger charge is -2.32. The van der Waals surface area contributed by atoms with E-state index in [9.17, 15) is 9.59 Å². The molecule has 0 bridgehead atoms. The quantitative estimate of drug-likeness (QED) is 0.498. The average Bonchev–Trinajstić information content (AvgIpc) is 2.82. The standard InChI is InChI=1S/C25H23N3O3/c26-23-20(28-10-12-31-13-11-28)14-19(27-15-16-6-2-1-3-7-16)21-22(23)25(30)18-9-5-4-8-17(18)24(21)29/h1-9,14,27H,10-13,15,26H2. The summed E-state index contributed by atoms with van der Waals surface area (Å²) in [5.74, 6) is -0.387. The third-order valence-electron chi connectivity index (χ3n) is 5.89. The summed E-state index contributed by atoms with van der Waals surface area (Å²) in [6.07, 6.45) is 0. The van der Waals surface area contributed by atoms with Crippen LogP contribution >= 0.6 is 0 Å². The van der Waals surface area contributed by atoms with Crippen molar-refractivity contribution in [3.8, 4) is 0 Å². The smallest absolute Gasteiger partial charge is 0.196 e. The highest BCUT2D eigenvalue weighted by atomic mass is 16.5. The Morgan fingerprint density at radius 2 is 1.48 bits per heavy atom. The molecule has 156 valence electrons. The van der Waals surface area contributed by atoms with Gasteiger partial charge in [0, 0.05) is 36.4 Å². The molecule has 0 amide bonds. The zero-order chi connectivity index (χ0) is 21.4. The maximum absolute atomic E-state index is 13.4. The number of morpholine rings is 1. The molecule has 0 radical (unpaired) electrons. The molecule has 1 aliphatic heterocycles. The summed E-state index contributed by atoms with van der Waals surface area (Å²) in [4.78, 5) is 29.0. The van der Waals surface area contributed by atoms with E-state index in [1.165, 1.54) is 0 Å². The van der Waals surface area contributed by atoms with E-state index in [1.54, 1.807) is 24.3 Å². The summed E-state index contributed by atoms with van der Waals surface area (Å²) in [7, 11) is 0. The van der Waals surface area contributed by atoms with Gasteiger partial charge in [0.2, 0.25) is 0 Å². The molecule has 1 fully saturated rings. The lowest BCUT2D eigenvalue weighted by atomic mass is 9.81. The van der Waals surface area contributed by atoms with Crippen molar-refractivity contribution in [1.29, 1.82) is 0 Å². The van der Waals surface area contributed by atoms with Gasteiger partial charge in [0.25, 0.3) is 0 Å². The number of hydrogen-bond acceptors (Lipinski definition) is 6. The Labute approximate surface area is 180 Å². The largest absolute Gasteiger partial charge is 0.396 e. The molecule has 6 nitrogen and oxygen atoms in total. The van der Waals surface area contributed by atoms with Gasteiger partial charge in [-0.1, -0.05) is 54.6 Å². The third-order valence-corrected chi connectivity index (χ3v) is 5.89. The molecule has 0 spiro atoms. The molecule has 1 saturated heterocycles. The van der Waals surface area contributed by atoms with Crippen LogP contribution in [0.15, 0.2) is 60.7 Å². The van der Waals surface area contributed by atoms with E-state index in [4.69, 9.17) is 10.5 Å². The first-order valence-corrected chi connectivity index (χ1v) is 10.4. The predicted molar refractivity (Wildman–Crippen MR) is 121 cm³/mol. The second-order valence-corrected chi connectivity index (χ2v) is 7.75. The number of nitrogens with zero attached hydrogens (tertiary/aromatic N) is 1. The van der Waals surface area contributed by atoms with Gasteiger partial charge in [-0.2, -0.15) is 0 Å². The minimum atomic E-state index is -0.208. The molecule has 3 N–H and O–H groups in total. The lowest BCUT2D eigenvalue weighted by Crippen LogP contribution is -2.37. The van der Waals surface area contributed by atoms with Crippen molar-refractivity contribution in [2.75, 3.05) is 42.3 Å². The van der Waals surface area contributed by atoms with Gasteiger partial charge in [-0.3, -0.25) is 9.59 Å². The maximum Gasteiger partial charge on any atom is 0.196 e. The zero-order valence-electron chi connectivity index (χ0n) is 17.1. The number of rotatable bonds is 4. The topological polar surface area (TPSA) is 84.7 Å². The fourth-order valence-electron chi connectivity index (χ4n) is 4.30. The number of anilines is 3. The number of carbonyl (C=O) groups excluding carboxylic acids is 2. The number of nitrogens with two attached hydrogens (primary N) is 1. The molecule has 0 atom stereocenters. The molecular weight excluding hydrogens is 390 g/mol. The van der Waals surface area contributed by atoms with Crippen molar-refractivity contribution < 1.29 is 14.3 Å². The normalized spacial score (nSPS) is 15.4. The van der Waals surface area contributed by atoms with Crippen LogP contribution in [0.1, 0.15) is 37.4 Å². The van der Waals surface area contributed by atoms with Crippen molar-refractivity contribution in [1.82, 2.24) is 0 Å². The molecule has 6 heteroatoms. The summed E-state index contributed by atoms with van der Waals surface area (Å²) in [6, 6.07) is 18.8. The summed E-state index contributed by atoms with van der Waals surface area (Å²) < 4.78 is 5.47. The van der Waals surface area contributed by atoms with Crippen molar-refractivity contribution >= 4 is 28.6 Å². The number of nitrogen functional groups attached to an aromatic ring is 1. The fraction of sp³-hybridized carbons (Fsp3) is 0.200. The van der Waals surface area contributed by atoms with E-state index < -0.39 is 0 Å². The van der Waals surface area contributed by atoms with Gasteiger partial charge in [0.15, 0.2) is 11.6 Å². The first-order valence-electron chi connectivity index (χ1n) is 10.4. The van der Waals surface area contributed by atoms with Gasteiger partial charge in [0.05, 0.1) is 35.7 Å². The Morgan fingerprint density at radius 3 is 2.16 bits per heavy atom. The summed E-state index contributed by atoms with van der Waals surface area (Å²) in [5, 5.41) is 3.39. The van der Waals surface area contributed by atoms with E-state index >= 15 is 0 Å². The maximum atomic E-state index is 13.4. The van der Waals surface area contributed by atoms with Crippen molar-refractivity contribution in [3.05, 3.63) is 88.5 Å². The lowest BCUT2D eigenvalue weighted by molar-refractivity contribution is 0.0980. The van der Waals surface area contributed by atoms with Gasteiger partial charge in [0.1, 0.15) is 0 Å². The van der Waals surface area contributed by atoms with E-state index in [0.29, 0.717) is 66.5 Å². The molecule has 0 aromatic heterocycles. The van der Waals surface area contributed by atoms with Gasteiger partial charge in [-0.15, -0.1) is 0 Å². The van der Waals surface area contributed by atoms with Crippen LogP contribution in [0.5, 0.6) is 0 Å². The van der Waals surface area contributed by atoms with Crippen LogP contribution in [0.3, 0.4) is 0 Å². The fourth-order valence-corrected chi connectivity index (χ4v) is 4.30. The highest BCUT2D eigenvalue weighted by Crippen LogP contribution is 2.41. The number of ketones is 2. The molecule has 0 unspecified atom stereocenters. The van der Waals surface area contributed by atoms with Gasteiger partial charge < -0.3 is 20.7 Å². The number of hydrogen-bond donors (Lipinski definition) is 2. The van der Waals surface area contributed by atoms with Crippen LogP contribution in [0.4, 0.5) is 17.1 Å². The average molecular weight is 413 g/mol. The number of benzene rings is 3. The van der Waals surface area contributed by atoms with Crippen LogP contribution < -0.4 is 16.0 Å². The minimum Gasteiger partial charge on any atom is -0.396 e. The number of ether oxygens (including phenoxy) is 1. The third kappa shape index (κ3) is 3.35. The van der Waals surface area contributed by atoms with E-state index in [1.807, 2.05) is 36.4 Å². The second-order valence-electron chi connectivity index (χ2n) is 7.75. The Bertz CT molecular complexity index is 1170. The van der Waals surface area contributed by atoms with Gasteiger partial charge >= 0.3 is 0 Å². The van der Waals surface area contributed by atoms with Crippen LogP contribution in [0.25, 0.3) is 0 Å².